The summed E-state index contributed by atoms with van der Waals surface area (Å²) >= 11 is 5.84. The number of hydrogen-bond donors (Lipinski definition) is 2. The number of carbonyl (C=O) groups is 1. The molecule has 8 nitrogen and oxygen atoms in total. The zero-order chi connectivity index (χ0) is 22.3. The Morgan fingerprint density at radius 2 is 2.13 bits per heavy atom. The van der Waals surface area contributed by atoms with Gasteiger partial charge in [-0.15, -0.1) is 0 Å². The van der Waals surface area contributed by atoms with Crippen molar-refractivity contribution in [3.63, 3.8) is 0 Å². The molecular weight excluding hydrogens is 439 g/mol. The van der Waals surface area contributed by atoms with Crippen molar-refractivity contribution >= 4 is 35.4 Å². The van der Waals surface area contributed by atoms with Crippen molar-refractivity contribution in [2.75, 3.05) is 11.9 Å². The second-order valence-electron chi connectivity index (χ2n) is 6.37. The highest BCUT2D eigenvalue weighted by atomic mass is 35.5. The number of alkyl halides is 3. The first-order chi connectivity index (χ1) is 14.8. The third-order valence-corrected chi connectivity index (χ3v) is 4.35. The molecule has 2 N–H and O–H groups in total. The summed E-state index contributed by atoms with van der Waals surface area (Å²) in [6.45, 7) is 0.387. The van der Waals surface area contributed by atoms with Crippen LogP contribution in [0.4, 0.5) is 19.0 Å². The minimum atomic E-state index is -4.53. The van der Waals surface area contributed by atoms with Gasteiger partial charge in [0.15, 0.2) is 6.10 Å². The lowest BCUT2D eigenvalue weighted by Gasteiger charge is -2.13. The van der Waals surface area contributed by atoms with Crippen LogP contribution < -0.4 is 10.6 Å². The highest BCUT2D eigenvalue weighted by Crippen LogP contribution is 2.32. The van der Waals surface area contributed by atoms with Crippen LogP contribution >= 0.6 is 11.6 Å². The molecule has 0 radical (unpaired) electrons. The molecule has 164 valence electrons. The summed E-state index contributed by atoms with van der Waals surface area (Å²) in [6.07, 6.45) is -3.10. The summed E-state index contributed by atoms with van der Waals surface area (Å²) < 4.78 is 38.0. The zero-order valence-corrected chi connectivity index (χ0v) is 16.7. The number of halogens is 4. The standard InChI is InChI=1S/C19H17ClF3N5O3/c20-15-6-13(19(21,22)23)8-24-17(15)25-9-14-7-16(28-31-14)18(29)26-11-27-30-10-12-4-2-1-3-5-12/h1-6,8,11,14H,7,9-10H2,(H,24,25)(H,26,27,29). The van der Waals surface area contributed by atoms with E-state index in [9.17, 15) is 18.0 Å². The Kier molecular flexibility index (Phi) is 7.29. The maximum Gasteiger partial charge on any atom is 0.417 e. The number of carbonyl (C=O) groups excluding carboxylic acids is 1. The molecule has 0 spiro atoms. The van der Waals surface area contributed by atoms with E-state index in [1.165, 1.54) is 0 Å². The summed E-state index contributed by atoms with van der Waals surface area (Å²) in [6, 6.07) is 10.2. The Hall–Kier alpha value is -3.34. The molecular formula is C19H17ClF3N5O3. The summed E-state index contributed by atoms with van der Waals surface area (Å²) in [5, 5.41) is 12.4. The van der Waals surface area contributed by atoms with Crippen molar-refractivity contribution in [3.8, 4) is 0 Å². The van der Waals surface area contributed by atoms with Gasteiger partial charge in [0, 0.05) is 12.6 Å². The van der Waals surface area contributed by atoms with Gasteiger partial charge in [-0.25, -0.2) is 4.98 Å². The van der Waals surface area contributed by atoms with E-state index in [2.05, 4.69) is 25.9 Å². The number of oxime groups is 2. The highest BCUT2D eigenvalue weighted by molar-refractivity contribution is 6.40. The predicted molar refractivity (Wildman–Crippen MR) is 108 cm³/mol. The van der Waals surface area contributed by atoms with Gasteiger partial charge in [0.05, 0.1) is 17.1 Å². The van der Waals surface area contributed by atoms with Gasteiger partial charge in [-0.05, 0) is 11.6 Å². The third-order valence-electron chi connectivity index (χ3n) is 4.06. The first-order valence-corrected chi connectivity index (χ1v) is 9.38. The summed E-state index contributed by atoms with van der Waals surface area (Å²) in [5.41, 5.74) is 0.113. The van der Waals surface area contributed by atoms with E-state index in [0.717, 1.165) is 18.0 Å². The van der Waals surface area contributed by atoms with Crippen LogP contribution in [0.25, 0.3) is 0 Å². The average molecular weight is 456 g/mol. The lowest BCUT2D eigenvalue weighted by molar-refractivity contribution is -0.137. The van der Waals surface area contributed by atoms with Crippen molar-refractivity contribution in [1.29, 1.82) is 0 Å². The summed E-state index contributed by atoms with van der Waals surface area (Å²) in [4.78, 5) is 25.9. The Labute approximate surface area is 180 Å². The Bertz CT molecular complexity index is 970. The number of anilines is 1. The monoisotopic (exact) mass is 455 g/mol. The molecule has 1 aromatic carbocycles. The Balaban J connectivity index is 1.39. The van der Waals surface area contributed by atoms with E-state index in [0.29, 0.717) is 6.20 Å². The molecule has 1 atom stereocenters. The van der Waals surface area contributed by atoms with E-state index in [1.807, 2.05) is 30.3 Å². The molecule has 0 fully saturated rings. The minimum absolute atomic E-state index is 0.0684. The first kappa shape index (κ1) is 22.3. The van der Waals surface area contributed by atoms with Crippen LogP contribution in [0.1, 0.15) is 17.5 Å². The molecule has 1 aliphatic rings. The third kappa shape index (κ3) is 6.57. The molecule has 12 heteroatoms. The van der Waals surface area contributed by atoms with Crippen LogP contribution in [0.5, 0.6) is 0 Å². The van der Waals surface area contributed by atoms with Gasteiger partial charge in [0.25, 0.3) is 5.91 Å². The molecule has 1 unspecified atom stereocenters. The Morgan fingerprint density at radius 1 is 1.35 bits per heavy atom. The SMILES string of the molecule is O=C(NC=NOCc1ccccc1)C1=NOC(CNc2ncc(C(F)(F)F)cc2Cl)C1. The summed E-state index contributed by atoms with van der Waals surface area (Å²) in [7, 11) is 0. The first-order valence-electron chi connectivity index (χ1n) is 9.01. The lowest BCUT2D eigenvalue weighted by atomic mass is 10.1. The van der Waals surface area contributed by atoms with E-state index in [1.54, 1.807) is 0 Å². The van der Waals surface area contributed by atoms with Gasteiger partial charge in [-0.3, -0.25) is 4.79 Å². The van der Waals surface area contributed by atoms with Crippen molar-refractivity contribution < 1.29 is 27.6 Å². The molecule has 0 saturated carbocycles. The fourth-order valence-corrected chi connectivity index (χ4v) is 2.73. The van der Waals surface area contributed by atoms with Crippen molar-refractivity contribution in [2.24, 2.45) is 10.3 Å². The van der Waals surface area contributed by atoms with Crippen LogP contribution in [0, 0.1) is 0 Å². The number of rotatable bonds is 8. The van der Waals surface area contributed by atoms with Gasteiger partial charge >= 0.3 is 6.18 Å². The number of benzene rings is 1. The minimum Gasteiger partial charge on any atom is -0.390 e. The number of pyridine rings is 1. The van der Waals surface area contributed by atoms with E-state index in [-0.39, 0.29) is 36.1 Å². The molecule has 3 rings (SSSR count). The molecule has 0 bridgehead atoms. The molecule has 2 heterocycles. The van der Waals surface area contributed by atoms with Crippen LogP contribution in [0.15, 0.2) is 52.9 Å². The second kappa shape index (κ2) is 10.1. The number of nitrogens with one attached hydrogen (secondary N) is 2. The number of amides is 1. The van der Waals surface area contributed by atoms with E-state index < -0.39 is 23.8 Å². The van der Waals surface area contributed by atoms with Crippen molar-refractivity contribution in [1.82, 2.24) is 10.3 Å². The predicted octanol–water partition coefficient (Wildman–Crippen LogP) is 3.59. The molecule has 0 aliphatic carbocycles. The fourth-order valence-electron chi connectivity index (χ4n) is 2.50. The van der Waals surface area contributed by atoms with Crippen LogP contribution in [0.2, 0.25) is 5.02 Å². The molecule has 1 amide bonds. The fraction of sp³-hybridized carbons (Fsp3) is 0.263. The van der Waals surface area contributed by atoms with Crippen LogP contribution in [0.3, 0.4) is 0 Å². The van der Waals surface area contributed by atoms with Gasteiger partial charge in [-0.1, -0.05) is 52.2 Å². The quantitative estimate of drug-likeness (QED) is 0.360. The van der Waals surface area contributed by atoms with Crippen LogP contribution in [-0.2, 0) is 27.3 Å². The van der Waals surface area contributed by atoms with Gasteiger partial charge in [0.2, 0.25) is 0 Å². The largest absolute Gasteiger partial charge is 0.417 e. The highest BCUT2D eigenvalue weighted by Gasteiger charge is 2.32. The van der Waals surface area contributed by atoms with Gasteiger partial charge in [-0.2, -0.15) is 13.2 Å². The molecule has 2 aromatic rings. The normalized spacial score (nSPS) is 16.0. The molecule has 0 saturated heterocycles. The van der Waals surface area contributed by atoms with E-state index >= 15 is 0 Å². The maximum atomic E-state index is 12.7. The molecule has 31 heavy (non-hydrogen) atoms. The topological polar surface area (TPSA) is 97.2 Å². The smallest absolute Gasteiger partial charge is 0.390 e. The van der Waals surface area contributed by atoms with E-state index in [4.69, 9.17) is 21.3 Å². The van der Waals surface area contributed by atoms with Crippen molar-refractivity contribution in [2.45, 2.75) is 25.3 Å². The number of aromatic nitrogens is 1. The van der Waals surface area contributed by atoms with Gasteiger partial charge < -0.3 is 20.3 Å². The lowest BCUT2D eigenvalue weighted by Crippen LogP contribution is -2.31. The molecule has 1 aliphatic heterocycles. The number of hydrogen-bond acceptors (Lipinski definition) is 7. The Morgan fingerprint density at radius 3 is 2.84 bits per heavy atom. The average Bonchev–Trinajstić information content (AvgIpc) is 3.22. The second-order valence-corrected chi connectivity index (χ2v) is 6.78. The maximum absolute atomic E-state index is 12.7. The molecule has 1 aromatic heterocycles. The van der Waals surface area contributed by atoms with Crippen LogP contribution in [-0.4, -0.2) is 35.6 Å². The zero-order valence-electron chi connectivity index (χ0n) is 15.9. The van der Waals surface area contributed by atoms with Crippen molar-refractivity contribution in [3.05, 3.63) is 58.7 Å². The summed E-state index contributed by atoms with van der Waals surface area (Å²) in [5.74, 6) is -0.445. The van der Waals surface area contributed by atoms with Gasteiger partial charge in [0.1, 0.15) is 24.5 Å². The number of nitrogens with zero attached hydrogens (tertiary/aromatic N) is 3.